The van der Waals surface area contributed by atoms with Crippen molar-refractivity contribution in [2.75, 3.05) is 4.72 Å². The molecule has 4 nitrogen and oxygen atoms in total. The Bertz CT molecular complexity index is 991. The molecule has 0 atom stereocenters. The molecule has 0 spiro atoms. The number of hydrogen-bond acceptors (Lipinski definition) is 3. The molecule has 0 fully saturated rings. The van der Waals surface area contributed by atoms with Gasteiger partial charge in [0, 0.05) is 0 Å². The van der Waals surface area contributed by atoms with E-state index in [2.05, 4.69) is 4.72 Å². The van der Waals surface area contributed by atoms with Crippen molar-refractivity contribution in [1.82, 2.24) is 0 Å². The second-order valence-corrected chi connectivity index (χ2v) is 7.18. The van der Waals surface area contributed by atoms with Crippen LogP contribution in [0.1, 0.15) is 0 Å². The molecule has 0 aromatic heterocycles. The highest BCUT2D eigenvalue weighted by Crippen LogP contribution is 2.29. The molecule has 3 aromatic rings. The number of sulfonamides is 1. The summed E-state index contributed by atoms with van der Waals surface area (Å²) in [6.07, 6.45) is 0. The van der Waals surface area contributed by atoms with E-state index in [-0.39, 0.29) is 10.6 Å². The van der Waals surface area contributed by atoms with E-state index < -0.39 is 15.8 Å². The SMILES string of the molecule is O=S(=O)(Nc1ccccc1F)c1ccc(Oc2ccccc2Cl)cc1. The van der Waals surface area contributed by atoms with Crippen molar-refractivity contribution in [3.8, 4) is 11.5 Å². The average molecular weight is 378 g/mol. The lowest BCUT2D eigenvalue weighted by Gasteiger charge is -2.10. The van der Waals surface area contributed by atoms with Crippen LogP contribution in [0.2, 0.25) is 5.02 Å². The van der Waals surface area contributed by atoms with E-state index >= 15 is 0 Å². The van der Waals surface area contributed by atoms with E-state index in [0.29, 0.717) is 16.5 Å². The van der Waals surface area contributed by atoms with Gasteiger partial charge in [-0.1, -0.05) is 35.9 Å². The lowest BCUT2D eigenvalue weighted by molar-refractivity contribution is 0.482. The summed E-state index contributed by atoms with van der Waals surface area (Å²) in [7, 11) is -3.91. The third kappa shape index (κ3) is 4.10. The van der Waals surface area contributed by atoms with Gasteiger partial charge in [-0.3, -0.25) is 4.72 Å². The molecular formula is C18H13ClFNO3S. The van der Waals surface area contributed by atoms with E-state index in [1.54, 1.807) is 30.3 Å². The second-order valence-electron chi connectivity index (χ2n) is 5.09. The van der Waals surface area contributed by atoms with Crippen molar-refractivity contribution < 1.29 is 17.5 Å². The second kappa shape index (κ2) is 7.13. The fourth-order valence-electron chi connectivity index (χ4n) is 2.09. The molecular weight excluding hydrogens is 365 g/mol. The maximum absolute atomic E-state index is 13.6. The minimum Gasteiger partial charge on any atom is -0.456 e. The maximum Gasteiger partial charge on any atom is 0.261 e. The van der Waals surface area contributed by atoms with Crippen LogP contribution in [0, 0.1) is 5.82 Å². The maximum atomic E-state index is 13.6. The predicted octanol–water partition coefficient (Wildman–Crippen LogP) is 5.07. The first-order valence-electron chi connectivity index (χ1n) is 7.25. The first-order valence-corrected chi connectivity index (χ1v) is 9.11. The monoisotopic (exact) mass is 377 g/mol. The molecule has 0 saturated heterocycles. The Hall–Kier alpha value is -2.57. The van der Waals surface area contributed by atoms with Gasteiger partial charge in [0.1, 0.15) is 17.3 Å². The fourth-order valence-corrected chi connectivity index (χ4v) is 3.33. The van der Waals surface area contributed by atoms with Crippen LogP contribution in [-0.2, 0) is 10.0 Å². The summed E-state index contributed by atoms with van der Waals surface area (Å²) in [4.78, 5) is -0.0118. The zero-order chi connectivity index (χ0) is 17.9. The highest BCUT2D eigenvalue weighted by Gasteiger charge is 2.16. The summed E-state index contributed by atoms with van der Waals surface area (Å²) >= 11 is 6.02. The zero-order valence-electron chi connectivity index (χ0n) is 12.8. The van der Waals surface area contributed by atoms with E-state index in [1.165, 1.54) is 42.5 Å². The van der Waals surface area contributed by atoms with Crippen LogP contribution in [0.4, 0.5) is 10.1 Å². The molecule has 1 N–H and O–H groups in total. The summed E-state index contributed by atoms with van der Waals surface area (Å²) in [6.45, 7) is 0. The van der Waals surface area contributed by atoms with Gasteiger partial charge in [-0.25, -0.2) is 12.8 Å². The smallest absolute Gasteiger partial charge is 0.261 e. The van der Waals surface area contributed by atoms with Crippen LogP contribution in [0.3, 0.4) is 0 Å². The predicted molar refractivity (Wildman–Crippen MR) is 95.2 cm³/mol. The first kappa shape index (κ1) is 17.3. The Morgan fingerprint density at radius 1 is 0.880 bits per heavy atom. The van der Waals surface area contributed by atoms with Crippen LogP contribution < -0.4 is 9.46 Å². The Morgan fingerprint density at radius 2 is 1.52 bits per heavy atom. The minimum absolute atomic E-state index is 0.0118. The van der Waals surface area contributed by atoms with Crippen molar-refractivity contribution >= 4 is 27.3 Å². The van der Waals surface area contributed by atoms with Crippen LogP contribution in [0.15, 0.2) is 77.7 Å². The number of hydrogen-bond donors (Lipinski definition) is 1. The van der Waals surface area contributed by atoms with Gasteiger partial charge in [-0.2, -0.15) is 0 Å². The van der Waals surface area contributed by atoms with Crippen LogP contribution in [0.25, 0.3) is 0 Å². The third-order valence-electron chi connectivity index (χ3n) is 3.32. The number of rotatable bonds is 5. The Labute approximate surface area is 149 Å². The van der Waals surface area contributed by atoms with Crippen molar-refractivity contribution in [2.24, 2.45) is 0 Å². The lowest BCUT2D eigenvalue weighted by Crippen LogP contribution is -2.13. The fraction of sp³-hybridized carbons (Fsp3) is 0. The van der Waals surface area contributed by atoms with E-state index in [1.807, 2.05) is 0 Å². The van der Waals surface area contributed by atoms with Gasteiger partial charge < -0.3 is 4.74 Å². The summed E-state index contributed by atoms with van der Waals surface area (Å²) in [5, 5.41) is 0.445. The Morgan fingerprint density at radius 3 is 2.20 bits per heavy atom. The van der Waals surface area contributed by atoms with Gasteiger partial charge in [0.15, 0.2) is 0 Å². The van der Waals surface area contributed by atoms with Crippen LogP contribution in [-0.4, -0.2) is 8.42 Å². The first-order chi connectivity index (χ1) is 12.0. The van der Waals surface area contributed by atoms with Gasteiger partial charge in [0.25, 0.3) is 10.0 Å². The lowest BCUT2D eigenvalue weighted by atomic mass is 10.3. The molecule has 7 heteroatoms. The molecule has 0 aliphatic rings. The van der Waals surface area contributed by atoms with Gasteiger partial charge in [0.05, 0.1) is 15.6 Å². The molecule has 0 heterocycles. The highest BCUT2D eigenvalue weighted by molar-refractivity contribution is 7.92. The van der Waals surface area contributed by atoms with E-state index in [4.69, 9.17) is 16.3 Å². The van der Waals surface area contributed by atoms with Gasteiger partial charge in [-0.05, 0) is 48.5 Å². The van der Waals surface area contributed by atoms with Crippen molar-refractivity contribution in [1.29, 1.82) is 0 Å². The molecule has 128 valence electrons. The average Bonchev–Trinajstić information content (AvgIpc) is 2.59. The number of ether oxygens (including phenoxy) is 1. The molecule has 0 aliphatic heterocycles. The molecule has 0 aliphatic carbocycles. The normalized spacial score (nSPS) is 11.1. The standard InChI is InChI=1S/C18H13ClFNO3S/c19-15-5-1-4-8-18(15)24-13-9-11-14(12-10-13)25(22,23)21-17-7-3-2-6-16(17)20/h1-12,21H. The molecule has 3 aromatic carbocycles. The summed E-state index contributed by atoms with van der Waals surface area (Å²) < 4.78 is 46.1. The Balaban J connectivity index is 1.80. The van der Waals surface area contributed by atoms with Gasteiger partial charge in [0.2, 0.25) is 0 Å². The van der Waals surface area contributed by atoms with Crippen molar-refractivity contribution in [3.63, 3.8) is 0 Å². The van der Waals surface area contributed by atoms with E-state index in [0.717, 1.165) is 0 Å². The number of para-hydroxylation sites is 2. The minimum atomic E-state index is -3.91. The molecule has 0 saturated carbocycles. The quantitative estimate of drug-likeness (QED) is 0.675. The molecule has 0 bridgehead atoms. The molecule has 3 rings (SSSR count). The summed E-state index contributed by atoms with van der Waals surface area (Å²) in [5.41, 5.74) is -0.112. The highest BCUT2D eigenvalue weighted by atomic mass is 35.5. The number of benzene rings is 3. The van der Waals surface area contributed by atoms with Gasteiger partial charge >= 0.3 is 0 Å². The largest absolute Gasteiger partial charge is 0.456 e. The molecule has 0 unspecified atom stereocenters. The van der Waals surface area contributed by atoms with E-state index in [9.17, 15) is 12.8 Å². The topological polar surface area (TPSA) is 55.4 Å². The number of halogens is 2. The summed E-state index contributed by atoms with van der Waals surface area (Å²) in [6, 6.07) is 18.2. The Kier molecular flexibility index (Phi) is 4.92. The van der Waals surface area contributed by atoms with Gasteiger partial charge in [-0.15, -0.1) is 0 Å². The molecule has 25 heavy (non-hydrogen) atoms. The van der Waals surface area contributed by atoms with Crippen LogP contribution >= 0.6 is 11.6 Å². The molecule has 0 amide bonds. The summed E-state index contributed by atoms with van der Waals surface area (Å²) in [5.74, 6) is 0.243. The third-order valence-corrected chi connectivity index (χ3v) is 5.01. The molecule has 0 radical (unpaired) electrons. The van der Waals surface area contributed by atoms with Crippen LogP contribution in [0.5, 0.6) is 11.5 Å². The van der Waals surface area contributed by atoms with Crippen molar-refractivity contribution in [3.05, 3.63) is 83.6 Å². The zero-order valence-corrected chi connectivity index (χ0v) is 14.4. The number of anilines is 1. The van der Waals surface area contributed by atoms with Crippen molar-refractivity contribution in [2.45, 2.75) is 4.90 Å². The number of nitrogens with one attached hydrogen (secondary N) is 1.